The number of ether oxygens (including phenoxy) is 1. The summed E-state index contributed by atoms with van der Waals surface area (Å²) in [5, 5.41) is 0. The minimum Gasteiger partial charge on any atom is -0.452 e. The van der Waals surface area contributed by atoms with Gasteiger partial charge in [0.05, 0.1) is 4.90 Å². The van der Waals surface area contributed by atoms with Crippen molar-refractivity contribution < 1.29 is 22.7 Å². The molecule has 1 aliphatic heterocycles. The zero-order valence-corrected chi connectivity index (χ0v) is 19.7. The Labute approximate surface area is 186 Å². The van der Waals surface area contributed by atoms with E-state index in [9.17, 15) is 18.0 Å². The molecule has 1 saturated heterocycles. The van der Waals surface area contributed by atoms with Gasteiger partial charge in [0.2, 0.25) is 10.0 Å². The Morgan fingerprint density at radius 1 is 1.00 bits per heavy atom. The number of rotatable bonds is 8. The number of nitrogens with zero attached hydrogens (tertiary/aromatic N) is 2. The van der Waals surface area contributed by atoms with E-state index in [0.717, 1.165) is 25.7 Å². The molecule has 172 valence electrons. The zero-order chi connectivity index (χ0) is 23.0. The summed E-state index contributed by atoms with van der Waals surface area (Å²) in [6.45, 7) is 8.45. The summed E-state index contributed by atoms with van der Waals surface area (Å²) in [6, 6.07) is 6.45. The van der Waals surface area contributed by atoms with Crippen molar-refractivity contribution in [3.63, 3.8) is 0 Å². The maximum atomic E-state index is 12.8. The van der Waals surface area contributed by atoms with Crippen molar-refractivity contribution in [2.24, 2.45) is 0 Å². The Bertz CT molecular complexity index is 860. The van der Waals surface area contributed by atoms with Gasteiger partial charge >= 0.3 is 5.97 Å². The van der Waals surface area contributed by atoms with E-state index in [-0.39, 0.29) is 29.5 Å². The lowest BCUT2D eigenvalue weighted by atomic mass is 10.2. The van der Waals surface area contributed by atoms with E-state index in [1.165, 1.54) is 12.2 Å². The predicted molar refractivity (Wildman–Crippen MR) is 121 cm³/mol. The van der Waals surface area contributed by atoms with Gasteiger partial charge in [-0.15, -0.1) is 0 Å². The van der Waals surface area contributed by atoms with Gasteiger partial charge < -0.3 is 9.64 Å². The molecule has 1 aromatic carbocycles. The molecule has 8 heteroatoms. The topological polar surface area (TPSA) is 84.0 Å². The first-order valence-corrected chi connectivity index (χ1v) is 12.3. The number of carbonyl (C=O) groups is 2. The van der Waals surface area contributed by atoms with E-state index < -0.39 is 16.0 Å². The van der Waals surface area contributed by atoms with Crippen molar-refractivity contribution >= 4 is 28.0 Å². The van der Waals surface area contributed by atoms with E-state index in [2.05, 4.69) is 0 Å². The van der Waals surface area contributed by atoms with Crippen LogP contribution in [0.2, 0.25) is 0 Å². The lowest BCUT2D eigenvalue weighted by molar-refractivity contribution is -0.150. The van der Waals surface area contributed by atoms with E-state index in [1.807, 2.05) is 27.7 Å². The molecule has 0 bridgehead atoms. The summed E-state index contributed by atoms with van der Waals surface area (Å²) >= 11 is 0. The Balaban J connectivity index is 1.94. The summed E-state index contributed by atoms with van der Waals surface area (Å²) in [7, 11) is -3.50. The highest BCUT2D eigenvalue weighted by Crippen LogP contribution is 2.21. The first kappa shape index (κ1) is 25.1. The average Bonchev–Trinajstić information content (AvgIpc) is 3.00. The maximum Gasteiger partial charge on any atom is 0.331 e. The van der Waals surface area contributed by atoms with Crippen molar-refractivity contribution in [1.29, 1.82) is 0 Å². The summed E-state index contributed by atoms with van der Waals surface area (Å²) < 4.78 is 32.2. The first-order valence-electron chi connectivity index (χ1n) is 10.9. The molecule has 0 unspecified atom stereocenters. The van der Waals surface area contributed by atoms with Crippen LogP contribution < -0.4 is 0 Å². The standard InChI is InChI=1S/C23H34N2O5S/c1-18(2)25(19(3)4)22(26)17-30-23(27)14-11-20-9-12-21(13-10-20)31(28,29)24-15-7-5-6-8-16-24/h9-14,18-19H,5-8,15-17H2,1-4H3/b14-11+. The molecule has 1 aromatic rings. The highest BCUT2D eigenvalue weighted by atomic mass is 32.2. The first-order chi connectivity index (χ1) is 14.6. The smallest absolute Gasteiger partial charge is 0.331 e. The number of carbonyl (C=O) groups excluding carboxylic acids is 2. The molecule has 31 heavy (non-hydrogen) atoms. The Kier molecular flexibility index (Phi) is 9.25. The maximum absolute atomic E-state index is 12.8. The van der Waals surface area contributed by atoms with Crippen molar-refractivity contribution in [1.82, 2.24) is 9.21 Å². The zero-order valence-electron chi connectivity index (χ0n) is 18.9. The van der Waals surface area contributed by atoms with E-state index in [1.54, 1.807) is 33.5 Å². The van der Waals surface area contributed by atoms with Gasteiger partial charge in [-0.1, -0.05) is 25.0 Å². The lowest BCUT2D eigenvalue weighted by Gasteiger charge is -2.30. The second kappa shape index (κ2) is 11.4. The van der Waals surface area contributed by atoms with Crippen molar-refractivity contribution in [3.05, 3.63) is 35.9 Å². The molecule has 1 heterocycles. The third-order valence-corrected chi connectivity index (χ3v) is 7.15. The molecular formula is C23H34N2O5S. The number of esters is 1. The fraction of sp³-hybridized carbons (Fsp3) is 0.565. The fourth-order valence-corrected chi connectivity index (χ4v) is 5.29. The minimum absolute atomic E-state index is 0.0193. The van der Waals surface area contributed by atoms with Gasteiger partial charge in [-0.2, -0.15) is 4.31 Å². The van der Waals surface area contributed by atoms with Crippen molar-refractivity contribution in [2.75, 3.05) is 19.7 Å². The van der Waals surface area contributed by atoms with E-state index in [4.69, 9.17) is 4.74 Å². The highest BCUT2D eigenvalue weighted by molar-refractivity contribution is 7.89. The van der Waals surface area contributed by atoms with Gasteiger partial charge in [0.1, 0.15) is 0 Å². The van der Waals surface area contributed by atoms with Gasteiger partial charge in [-0.25, -0.2) is 13.2 Å². The van der Waals surface area contributed by atoms with Crippen molar-refractivity contribution in [3.8, 4) is 0 Å². The molecule has 7 nitrogen and oxygen atoms in total. The van der Waals surface area contributed by atoms with Crippen molar-refractivity contribution in [2.45, 2.75) is 70.4 Å². The van der Waals surface area contributed by atoms with Gasteiger partial charge in [0.15, 0.2) is 6.61 Å². The summed E-state index contributed by atoms with van der Waals surface area (Å²) in [5.74, 6) is -0.864. The van der Waals surface area contributed by atoms with Gasteiger partial charge in [0.25, 0.3) is 5.91 Å². The fourth-order valence-electron chi connectivity index (χ4n) is 3.77. The number of benzene rings is 1. The molecule has 0 aromatic heterocycles. The summed E-state index contributed by atoms with van der Waals surface area (Å²) in [6.07, 6.45) is 6.67. The summed E-state index contributed by atoms with van der Waals surface area (Å²) in [4.78, 5) is 26.1. The highest BCUT2D eigenvalue weighted by Gasteiger charge is 2.25. The van der Waals surface area contributed by atoms with Crippen LogP contribution in [0.1, 0.15) is 58.9 Å². The predicted octanol–water partition coefficient (Wildman–Crippen LogP) is 3.45. The lowest BCUT2D eigenvalue weighted by Crippen LogP contribution is -2.44. The molecule has 1 amide bonds. The van der Waals surface area contributed by atoms with Crippen LogP contribution in [-0.2, 0) is 24.3 Å². The van der Waals surface area contributed by atoms with Crippen LogP contribution >= 0.6 is 0 Å². The molecule has 0 N–H and O–H groups in total. The van der Waals surface area contributed by atoms with Crippen LogP contribution in [0.25, 0.3) is 6.08 Å². The monoisotopic (exact) mass is 450 g/mol. The molecule has 0 spiro atoms. The Hall–Kier alpha value is -2.19. The van der Waals surface area contributed by atoms with E-state index >= 15 is 0 Å². The van der Waals surface area contributed by atoms with Crippen LogP contribution in [0.15, 0.2) is 35.2 Å². The summed E-state index contributed by atoms with van der Waals surface area (Å²) in [5.41, 5.74) is 0.670. The Morgan fingerprint density at radius 3 is 2.06 bits per heavy atom. The SMILES string of the molecule is CC(C)N(C(=O)COC(=O)/C=C/c1ccc(S(=O)(=O)N2CCCCCC2)cc1)C(C)C. The number of sulfonamides is 1. The molecular weight excluding hydrogens is 416 g/mol. The molecule has 2 rings (SSSR count). The third kappa shape index (κ3) is 7.18. The normalized spacial score (nSPS) is 15.9. The molecule has 0 radical (unpaired) electrons. The minimum atomic E-state index is -3.50. The van der Waals surface area contributed by atoms with E-state index in [0.29, 0.717) is 18.7 Å². The largest absolute Gasteiger partial charge is 0.452 e. The quantitative estimate of drug-likeness (QED) is 0.447. The van der Waals surface area contributed by atoms with Crippen LogP contribution in [-0.4, -0.2) is 61.3 Å². The van der Waals surface area contributed by atoms with Gasteiger partial charge in [-0.3, -0.25) is 4.79 Å². The molecule has 0 atom stereocenters. The van der Waals surface area contributed by atoms with Crippen LogP contribution in [0, 0.1) is 0 Å². The molecule has 1 fully saturated rings. The molecule has 0 saturated carbocycles. The van der Waals surface area contributed by atoms with Gasteiger partial charge in [-0.05, 0) is 64.3 Å². The number of hydrogen-bond donors (Lipinski definition) is 0. The van der Waals surface area contributed by atoms with Crippen LogP contribution in [0.3, 0.4) is 0 Å². The number of hydrogen-bond acceptors (Lipinski definition) is 5. The Morgan fingerprint density at radius 2 is 1.55 bits per heavy atom. The average molecular weight is 451 g/mol. The molecule has 0 aliphatic carbocycles. The molecule has 1 aliphatic rings. The van der Waals surface area contributed by atoms with Crippen LogP contribution in [0.4, 0.5) is 0 Å². The van der Waals surface area contributed by atoms with Gasteiger partial charge in [0, 0.05) is 31.2 Å². The van der Waals surface area contributed by atoms with Crippen LogP contribution in [0.5, 0.6) is 0 Å². The third-order valence-electron chi connectivity index (χ3n) is 5.23. The number of amides is 1. The second-order valence-electron chi connectivity index (χ2n) is 8.32. The second-order valence-corrected chi connectivity index (χ2v) is 10.3.